The van der Waals surface area contributed by atoms with Crippen LogP contribution in [0.25, 0.3) is 6.08 Å². The molecule has 0 N–H and O–H groups in total. The molecular formula is C25H18ClFINO4. The number of benzene rings is 3. The van der Waals surface area contributed by atoms with Crippen molar-refractivity contribution in [3.05, 3.63) is 97.5 Å². The fraction of sp³-hybridized carbons (Fsp3) is 0.120. The van der Waals surface area contributed by atoms with Crippen LogP contribution in [0.5, 0.6) is 11.5 Å². The van der Waals surface area contributed by atoms with Crippen molar-refractivity contribution in [3.63, 3.8) is 0 Å². The molecule has 0 aromatic heterocycles. The Hall–Kier alpha value is -2.91. The molecule has 0 amide bonds. The number of esters is 1. The fourth-order valence-electron chi connectivity index (χ4n) is 3.09. The molecule has 3 aromatic rings. The number of aliphatic imine (C=N–C) groups is 1. The standard InChI is InChI=1S/C25H18ClFINO4/c1-2-31-23-12-16(5-10-22(23)32-14-15-3-6-17(27)7-4-15)11-21-25(30)33-24(29-21)19-13-18(28)8-9-20(19)26/h3-13H,2,14H2,1H3/b21-11-. The van der Waals surface area contributed by atoms with E-state index in [1.165, 1.54) is 12.1 Å². The molecule has 0 unspecified atom stereocenters. The van der Waals surface area contributed by atoms with Crippen molar-refractivity contribution in [1.29, 1.82) is 0 Å². The third-order valence-electron chi connectivity index (χ3n) is 4.66. The summed E-state index contributed by atoms with van der Waals surface area (Å²) in [6.07, 6.45) is 1.61. The Morgan fingerprint density at radius 2 is 1.85 bits per heavy atom. The largest absolute Gasteiger partial charge is 0.490 e. The van der Waals surface area contributed by atoms with E-state index in [0.29, 0.717) is 34.3 Å². The van der Waals surface area contributed by atoms with Crippen LogP contribution in [0.4, 0.5) is 4.39 Å². The maximum Gasteiger partial charge on any atom is 0.363 e. The van der Waals surface area contributed by atoms with Crippen LogP contribution in [0.2, 0.25) is 5.02 Å². The predicted octanol–water partition coefficient (Wildman–Crippen LogP) is 6.41. The Bertz CT molecular complexity index is 1260. The van der Waals surface area contributed by atoms with E-state index in [-0.39, 0.29) is 24.0 Å². The van der Waals surface area contributed by atoms with Crippen LogP contribution in [0, 0.1) is 9.39 Å². The van der Waals surface area contributed by atoms with Gasteiger partial charge in [0.05, 0.1) is 17.2 Å². The van der Waals surface area contributed by atoms with E-state index in [0.717, 1.165) is 9.13 Å². The van der Waals surface area contributed by atoms with Gasteiger partial charge in [0.25, 0.3) is 0 Å². The molecule has 0 spiro atoms. The molecule has 168 valence electrons. The molecule has 33 heavy (non-hydrogen) atoms. The first-order chi connectivity index (χ1) is 15.9. The zero-order valence-electron chi connectivity index (χ0n) is 17.5. The Labute approximate surface area is 209 Å². The zero-order valence-corrected chi connectivity index (χ0v) is 20.4. The van der Waals surface area contributed by atoms with Gasteiger partial charge >= 0.3 is 5.97 Å². The van der Waals surface area contributed by atoms with Gasteiger partial charge in [0.15, 0.2) is 17.2 Å². The summed E-state index contributed by atoms with van der Waals surface area (Å²) in [5.74, 6) is 0.359. The lowest BCUT2D eigenvalue weighted by molar-refractivity contribution is -0.129. The number of hydrogen-bond acceptors (Lipinski definition) is 5. The number of carbonyl (C=O) groups excluding carboxylic acids is 1. The fourth-order valence-corrected chi connectivity index (χ4v) is 3.78. The van der Waals surface area contributed by atoms with Crippen LogP contribution in [-0.2, 0) is 16.1 Å². The Morgan fingerprint density at radius 3 is 2.61 bits per heavy atom. The summed E-state index contributed by atoms with van der Waals surface area (Å²) in [7, 11) is 0. The van der Waals surface area contributed by atoms with Gasteiger partial charge < -0.3 is 14.2 Å². The number of halogens is 3. The van der Waals surface area contributed by atoms with E-state index in [2.05, 4.69) is 27.6 Å². The number of rotatable bonds is 7. The minimum atomic E-state index is -0.561. The lowest BCUT2D eigenvalue weighted by atomic mass is 10.1. The van der Waals surface area contributed by atoms with Crippen molar-refractivity contribution in [2.45, 2.75) is 13.5 Å². The SMILES string of the molecule is CCOc1cc(/C=C2\N=C(c3cc(I)ccc3Cl)OC2=O)ccc1OCc1ccc(F)cc1. The molecule has 0 saturated heterocycles. The summed E-state index contributed by atoms with van der Waals surface area (Å²) in [5, 5.41) is 0.449. The number of cyclic esters (lactones) is 1. The molecule has 1 aliphatic heterocycles. The Kier molecular flexibility index (Phi) is 7.29. The van der Waals surface area contributed by atoms with E-state index in [1.54, 1.807) is 48.5 Å². The van der Waals surface area contributed by atoms with Crippen molar-refractivity contribution in [2.75, 3.05) is 6.61 Å². The first-order valence-electron chi connectivity index (χ1n) is 10.0. The monoisotopic (exact) mass is 577 g/mol. The summed E-state index contributed by atoms with van der Waals surface area (Å²) in [4.78, 5) is 16.7. The van der Waals surface area contributed by atoms with Crippen molar-refractivity contribution in [1.82, 2.24) is 0 Å². The summed E-state index contributed by atoms with van der Waals surface area (Å²) >= 11 is 8.40. The Balaban J connectivity index is 1.57. The molecule has 0 aliphatic carbocycles. The van der Waals surface area contributed by atoms with Crippen molar-refractivity contribution in [2.24, 2.45) is 4.99 Å². The van der Waals surface area contributed by atoms with E-state index >= 15 is 0 Å². The van der Waals surface area contributed by atoms with Crippen LogP contribution in [-0.4, -0.2) is 18.5 Å². The quantitative estimate of drug-likeness (QED) is 0.185. The third-order valence-corrected chi connectivity index (χ3v) is 5.66. The summed E-state index contributed by atoms with van der Waals surface area (Å²) < 4.78 is 30.9. The molecule has 1 aliphatic rings. The van der Waals surface area contributed by atoms with Gasteiger partial charge in [0, 0.05) is 3.57 Å². The zero-order chi connectivity index (χ0) is 23.4. The maximum atomic E-state index is 13.1. The number of ether oxygens (including phenoxy) is 3. The van der Waals surface area contributed by atoms with Gasteiger partial charge in [-0.2, -0.15) is 0 Å². The lowest BCUT2D eigenvalue weighted by Crippen LogP contribution is -2.06. The molecule has 4 rings (SSSR count). The molecular weight excluding hydrogens is 560 g/mol. The maximum absolute atomic E-state index is 13.1. The highest BCUT2D eigenvalue weighted by Gasteiger charge is 2.26. The summed E-state index contributed by atoms with van der Waals surface area (Å²) in [6, 6.07) is 16.8. The average molecular weight is 578 g/mol. The van der Waals surface area contributed by atoms with E-state index in [4.69, 9.17) is 25.8 Å². The topological polar surface area (TPSA) is 57.1 Å². The normalized spacial score (nSPS) is 14.2. The molecule has 0 saturated carbocycles. The van der Waals surface area contributed by atoms with Gasteiger partial charge in [-0.3, -0.25) is 0 Å². The lowest BCUT2D eigenvalue weighted by Gasteiger charge is -2.13. The van der Waals surface area contributed by atoms with Gasteiger partial charge in [-0.1, -0.05) is 29.8 Å². The summed E-state index contributed by atoms with van der Waals surface area (Å²) in [5.41, 5.74) is 2.23. The predicted molar refractivity (Wildman–Crippen MR) is 133 cm³/mol. The molecule has 1 heterocycles. The van der Waals surface area contributed by atoms with Gasteiger partial charge in [-0.25, -0.2) is 14.2 Å². The smallest absolute Gasteiger partial charge is 0.363 e. The minimum Gasteiger partial charge on any atom is -0.490 e. The Morgan fingerprint density at radius 1 is 1.06 bits per heavy atom. The van der Waals surface area contributed by atoms with Crippen molar-refractivity contribution in [3.8, 4) is 11.5 Å². The molecule has 3 aromatic carbocycles. The van der Waals surface area contributed by atoms with Gasteiger partial charge in [-0.15, -0.1) is 0 Å². The number of hydrogen-bond donors (Lipinski definition) is 0. The number of carbonyl (C=O) groups is 1. The molecule has 5 nitrogen and oxygen atoms in total. The van der Waals surface area contributed by atoms with Crippen LogP contribution < -0.4 is 9.47 Å². The first kappa shape index (κ1) is 23.3. The third kappa shape index (κ3) is 5.72. The molecule has 0 radical (unpaired) electrons. The van der Waals surface area contributed by atoms with Crippen LogP contribution in [0.1, 0.15) is 23.6 Å². The van der Waals surface area contributed by atoms with E-state index in [9.17, 15) is 9.18 Å². The van der Waals surface area contributed by atoms with E-state index in [1.807, 2.05) is 13.0 Å². The van der Waals surface area contributed by atoms with Gasteiger partial charge in [0.1, 0.15) is 12.4 Å². The van der Waals surface area contributed by atoms with Crippen LogP contribution in [0.3, 0.4) is 0 Å². The van der Waals surface area contributed by atoms with Gasteiger partial charge in [0.2, 0.25) is 5.90 Å². The second-order valence-electron chi connectivity index (χ2n) is 7.01. The highest BCUT2D eigenvalue weighted by molar-refractivity contribution is 14.1. The second kappa shape index (κ2) is 10.4. The minimum absolute atomic E-state index is 0.155. The average Bonchev–Trinajstić information content (AvgIpc) is 3.16. The van der Waals surface area contributed by atoms with Crippen molar-refractivity contribution >= 4 is 52.1 Å². The van der Waals surface area contributed by atoms with E-state index < -0.39 is 5.97 Å². The first-order valence-corrected chi connectivity index (χ1v) is 11.5. The van der Waals surface area contributed by atoms with Crippen molar-refractivity contribution < 1.29 is 23.4 Å². The highest BCUT2D eigenvalue weighted by atomic mass is 127. The molecule has 0 bridgehead atoms. The van der Waals surface area contributed by atoms with Crippen LogP contribution >= 0.6 is 34.2 Å². The van der Waals surface area contributed by atoms with Gasteiger partial charge in [-0.05, 0) is 89.2 Å². The molecule has 8 heteroatoms. The molecule has 0 atom stereocenters. The second-order valence-corrected chi connectivity index (χ2v) is 8.67. The highest BCUT2D eigenvalue weighted by Crippen LogP contribution is 2.31. The number of nitrogens with zero attached hydrogens (tertiary/aromatic N) is 1. The van der Waals surface area contributed by atoms with Crippen LogP contribution in [0.15, 0.2) is 71.4 Å². The molecule has 0 fully saturated rings. The summed E-state index contributed by atoms with van der Waals surface area (Å²) in [6.45, 7) is 2.56.